The largest absolute Gasteiger partial charge is 0.516 e. The summed E-state index contributed by atoms with van der Waals surface area (Å²) >= 11 is 0. The second-order valence-corrected chi connectivity index (χ2v) is 8.79. The predicted molar refractivity (Wildman–Crippen MR) is 117 cm³/mol. The first-order chi connectivity index (χ1) is 14.4. The van der Waals surface area contributed by atoms with Crippen LogP contribution in [0.1, 0.15) is 6.92 Å². The quantitative estimate of drug-likeness (QED) is 0.385. The number of ether oxygens (including phenoxy) is 1. The molecule has 1 radical (unpaired) electrons. The van der Waals surface area contributed by atoms with Crippen molar-refractivity contribution in [3.63, 3.8) is 0 Å². The molecule has 0 atom stereocenters. The van der Waals surface area contributed by atoms with E-state index in [2.05, 4.69) is 15.8 Å². The fraction of sp³-hybridized carbons (Fsp3) is 0.136. The third-order valence-electron chi connectivity index (χ3n) is 4.72. The summed E-state index contributed by atoms with van der Waals surface area (Å²) in [5, 5.41) is 0.720. The molecule has 9 heteroatoms. The topological polar surface area (TPSA) is 93.2 Å². The van der Waals surface area contributed by atoms with Crippen LogP contribution in [0, 0.1) is 6.07 Å². The molecule has 0 saturated carbocycles. The van der Waals surface area contributed by atoms with Crippen molar-refractivity contribution in [1.82, 2.24) is 9.55 Å². The minimum Gasteiger partial charge on any atom is -0.516 e. The number of aryl methyl sites for hydroxylation is 1. The number of aromatic nitrogens is 2. The maximum Gasteiger partial charge on any atom is 0.274 e. The zero-order chi connectivity index (χ0) is 21.3. The molecule has 0 spiro atoms. The summed E-state index contributed by atoms with van der Waals surface area (Å²) in [6.45, 7) is 1.57. The number of nitrogens with zero attached hydrogens (tertiary/aromatic N) is 1. The van der Waals surface area contributed by atoms with Gasteiger partial charge in [0.1, 0.15) is 11.3 Å². The molecule has 0 unspecified atom stereocenters. The minimum absolute atomic E-state index is 0. The Kier molecular flexibility index (Phi) is 7.04. The molecule has 2 aromatic heterocycles. The summed E-state index contributed by atoms with van der Waals surface area (Å²) in [5.74, 6) is 1.08. The fourth-order valence-electron chi connectivity index (χ4n) is 3.20. The Morgan fingerprint density at radius 3 is 2.71 bits per heavy atom. The van der Waals surface area contributed by atoms with Gasteiger partial charge in [-0.1, -0.05) is 0 Å². The molecule has 0 aliphatic carbocycles. The molecule has 0 aliphatic heterocycles. The van der Waals surface area contributed by atoms with Gasteiger partial charge >= 0.3 is 0 Å². The number of hydrogen-bond acceptors (Lipinski definition) is 4. The number of aromatic amines is 1. The smallest absolute Gasteiger partial charge is 0.274 e. The van der Waals surface area contributed by atoms with Gasteiger partial charge in [0.2, 0.25) is 10.0 Å². The van der Waals surface area contributed by atoms with Crippen LogP contribution in [0.4, 0.5) is 5.69 Å². The van der Waals surface area contributed by atoms with Gasteiger partial charge in [-0.2, -0.15) is 18.2 Å². The van der Waals surface area contributed by atoms with Gasteiger partial charge in [0.05, 0.1) is 5.75 Å². The Bertz CT molecular complexity index is 1380. The van der Waals surface area contributed by atoms with Crippen LogP contribution < -0.4 is 15.0 Å². The third kappa shape index (κ3) is 4.92. The standard InChI is InChI=1S/C22H20N3O4S.Y/c1-3-30(27,28)24-15-9-10-20(29-16-7-5-4-6-8-16)18(13-15)19-14-25(2)22(26)21-17(19)11-12-23-21;/h4-5,7-14,23-24H,3H2,1-2H3;/q-1;. The van der Waals surface area contributed by atoms with Gasteiger partial charge in [0, 0.05) is 80.1 Å². The van der Waals surface area contributed by atoms with Crippen molar-refractivity contribution in [2.45, 2.75) is 6.92 Å². The number of hydrogen-bond donors (Lipinski definition) is 2. The normalized spacial score (nSPS) is 11.2. The van der Waals surface area contributed by atoms with Crippen LogP contribution in [0.15, 0.2) is 65.7 Å². The maximum atomic E-state index is 12.4. The summed E-state index contributed by atoms with van der Waals surface area (Å²) in [6, 6.07) is 16.9. The number of H-pyrrole nitrogens is 1. The first-order valence-corrected chi connectivity index (χ1v) is 11.0. The molecule has 4 rings (SSSR count). The molecule has 31 heavy (non-hydrogen) atoms. The van der Waals surface area contributed by atoms with Crippen LogP contribution in [-0.4, -0.2) is 23.7 Å². The van der Waals surface area contributed by atoms with Crippen molar-refractivity contribution < 1.29 is 45.9 Å². The van der Waals surface area contributed by atoms with E-state index in [1.807, 2.05) is 12.1 Å². The predicted octanol–water partition coefficient (Wildman–Crippen LogP) is 3.89. The number of nitrogens with one attached hydrogen (secondary N) is 2. The summed E-state index contributed by atoms with van der Waals surface area (Å²) in [4.78, 5) is 15.4. The summed E-state index contributed by atoms with van der Waals surface area (Å²) in [7, 11) is -1.78. The van der Waals surface area contributed by atoms with E-state index in [1.165, 1.54) is 4.57 Å². The van der Waals surface area contributed by atoms with E-state index < -0.39 is 10.0 Å². The van der Waals surface area contributed by atoms with Crippen LogP contribution >= 0.6 is 0 Å². The SMILES string of the molecule is CCS(=O)(=O)Nc1ccc(Oc2c[c-]ccc2)c(-c2cn(C)c(=O)c3[nH]ccc23)c1.[Y]. The first-order valence-electron chi connectivity index (χ1n) is 9.33. The van der Waals surface area contributed by atoms with Gasteiger partial charge < -0.3 is 14.3 Å². The molecule has 0 aliphatic rings. The van der Waals surface area contributed by atoms with Crippen molar-refractivity contribution in [3.8, 4) is 22.6 Å². The minimum atomic E-state index is -3.45. The third-order valence-corrected chi connectivity index (χ3v) is 6.03. The zero-order valence-electron chi connectivity index (χ0n) is 17.0. The average molecular weight is 511 g/mol. The number of benzene rings is 2. The number of anilines is 1. The molecule has 4 aromatic rings. The number of sulfonamides is 1. The van der Waals surface area contributed by atoms with Crippen LogP contribution in [0.25, 0.3) is 22.0 Å². The Hall–Kier alpha value is -2.42. The molecular weight excluding hydrogens is 491 g/mol. The maximum absolute atomic E-state index is 12.4. The number of pyridine rings is 1. The molecule has 2 aromatic carbocycles. The van der Waals surface area contributed by atoms with E-state index in [0.717, 1.165) is 10.9 Å². The number of fused-ring (bicyclic) bond motifs is 1. The summed E-state index contributed by atoms with van der Waals surface area (Å²) in [6.07, 6.45) is 3.42. The average Bonchev–Trinajstić information content (AvgIpc) is 3.23. The second kappa shape index (κ2) is 9.38. The summed E-state index contributed by atoms with van der Waals surface area (Å²) < 4.78 is 34.3. The molecule has 0 amide bonds. The molecule has 157 valence electrons. The molecule has 0 saturated heterocycles. The van der Waals surface area contributed by atoms with Crippen molar-refractivity contribution in [1.29, 1.82) is 0 Å². The van der Waals surface area contributed by atoms with Crippen molar-refractivity contribution in [3.05, 3.63) is 77.3 Å². The van der Waals surface area contributed by atoms with Crippen LogP contribution in [0.2, 0.25) is 0 Å². The monoisotopic (exact) mass is 511 g/mol. The summed E-state index contributed by atoms with van der Waals surface area (Å²) in [5.41, 5.74) is 2.11. The van der Waals surface area contributed by atoms with Crippen LogP contribution in [-0.2, 0) is 49.8 Å². The Balaban J connectivity index is 0.00000272. The van der Waals surface area contributed by atoms with Crippen molar-refractivity contribution in [2.24, 2.45) is 7.05 Å². The van der Waals surface area contributed by atoms with Crippen molar-refractivity contribution in [2.75, 3.05) is 10.5 Å². The van der Waals surface area contributed by atoms with E-state index in [9.17, 15) is 13.2 Å². The molecule has 0 bridgehead atoms. The van der Waals surface area contributed by atoms with Gasteiger partial charge in [-0.25, -0.2) is 8.42 Å². The number of rotatable bonds is 6. The van der Waals surface area contributed by atoms with Gasteiger partial charge in [0.25, 0.3) is 5.56 Å². The fourth-order valence-corrected chi connectivity index (χ4v) is 3.83. The van der Waals surface area contributed by atoms with E-state index in [1.54, 1.807) is 62.8 Å². The Morgan fingerprint density at radius 1 is 1.19 bits per heavy atom. The van der Waals surface area contributed by atoms with Crippen LogP contribution in [0.5, 0.6) is 11.5 Å². The zero-order valence-corrected chi connectivity index (χ0v) is 20.7. The van der Waals surface area contributed by atoms with Crippen molar-refractivity contribution >= 4 is 26.6 Å². The molecular formula is C22H20N3O4SY-. The molecule has 0 fully saturated rings. The van der Waals surface area contributed by atoms with E-state index in [4.69, 9.17) is 4.74 Å². The molecule has 2 heterocycles. The van der Waals surface area contributed by atoms with Gasteiger partial charge in [0.15, 0.2) is 0 Å². The van der Waals surface area contributed by atoms with Gasteiger partial charge in [-0.3, -0.25) is 9.52 Å². The Morgan fingerprint density at radius 2 is 2.00 bits per heavy atom. The van der Waals surface area contributed by atoms with E-state index in [-0.39, 0.29) is 44.0 Å². The van der Waals surface area contributed by atoms with Gasteiger partial charge in [-0.15, -0.1) is 12.1 Å². The Labute approximate surface area is 205 Å². The van der Waals surface area contributed by atoms with Gasteiger partial charge in [-0.05, 0) is 31.2 Å². The molecule has 7 nitrogen and oxygen atoms in total. The van der Waals surface area contributed by atoms with Crippen LogP contribution in [0.3, 0.4) is 0 Å². The second-order valence-electron chi connectivity index (χ2n) is 6.78. The van der Waals surface area contributed by atoms with E-state index in [0.29, 0.717) is 28.3 Å². The molecule has 2 N–H and O–H groups in total. The van der Waals surface area contributed by atoms with E-state index >= 15 is 0 Å². The first kappa shape index (κ1) is 23.3.